The second-order valence-corrected chi connectivity index (χ2v) is 11.2. The first-order chi connectivity index (χ1) is 18.2. The highest BCUT2D eigenvalue weighted by atomic mass is 31.2. The summed E-state index contributed by atoms with van der Waals surface area (Å²) in [4.78, 5) is 69.4. The molecule has 1 unspecified atom stereocenters. The quantitative estimate of drug-likeness (QED) is 0.155. The molecule has 2 fully saturated rings. The minimum atomic E-state index is -4.96. The molecule has 0 saturated carbocycles. The fraction of sp³-hybridized carbons (Fsp3) is 0.556. The van der Waals surface area contributed by atoms with E-state index in [9.17, 15) is 33.5 Å². The molecule has 19 nitrogen and oxygen atoms in total. The number of ether oxygens (including phenoxy) is 2. The van der Waals surface area contributed by atoms with Crippen molar-refractivity contribution in [3.63, 3.8) is 0 Å². The van der Waals surface area contributed by atoms with Crippen LogP contribution in [0.3, 0.4) is 0 Å². The van der Waals surface area contributed by atoms with Gasteiger partial charge in [-0.25, -0.2) is 18.7 Å². The van der Waals surface area contributed by atoms with Crippen molar-refractivity contribution in [3.8, 4) is 0 Å². The number of nitrogens with zero attached hydrogens (tertiary/aromatic N) is 3. The predicted octanol–water partition coefficient (Wildman–Crippen LogP) is -2.42. The monoisotopic (exact) mass is 597 g/mol. The van der Waals surface area contributed by atoms with E-state index in [2.05, 4.69) is 9.51 Å². The Labute approximate surface area is 217 Å². The Hall–Kier alpha value is -2.54. The van der Waals surface area contributed by atoms with Crippen molar-refractivity contribution in [1.82, 2.24) is 19.1 Å². The topological polar surface area (TPSA) is 277 Å². The van der Waals surface area contributed by atoms with Gasteiger partial charge in [0.15, 0.2) is 0 Å². The van der Waals surface area contributed by atoms with Crippen molar-refractivity contribution < 1.29 is 52.0 Å². The lowest BCUT2D eigenvalue weighted by molar-refractivity contribution is -0.0482. The van der Waals surface area contributed by atoms with Crippen LogP contribution in [0.15, 0.2) is 38.9 Å². The molecule has 2 aromatic rings. The largest absolute Gasteiger partial charge is 0.472 e. The summed E-state index contributed by atoms with van der Waals surface area (Å²) in [7, 11) is -9.89. The van der Waals surface area contributed by atoms with Crippen LogP contribution in [0, 0.1) is 0 Å². The summed E-state index contributed by atoms with van der Waals surface area (Å²) in [6, 6.07) is 1.44. The highest BCUT2D eigenvalue weighted by molar-refractivity contribution is 7.47. The molecule has 0 bridgehead atoms. The third-order valence-electron chi connectivity index (χ3n) is 5.88. The zero-order valence-corrected chi connectivity index (χ0v) is 21.6. The molecule has 7 N–H and O–H groups in total. The van der Waals surface area contributed by atoms with Crippen LogP contribution < -0.4 is 22.7 Å². The normalized spacial score (nSPS) is 28.9. The number of anilines is 1. The van der Waals surface area contributed by atoms with Gasteiger partial charge in [-0.15, -0.1) is 0 Å². The second kappa shape index (κ2) is 11.5. The van der Waals surface area contributed by atoms with Gasteiger partial charge < -0.3 is 35.0 Å². The van der Waals surface area contributed by atoms with Crippen molar-refractivity contribution in [2.75, 3.05) is 25.6 Å². The van der Waals surface area contributed by atoms with Gasteiger partial charge in [-0.2, -0.15) is 4.98 Å². The SMILES string of the molecule is Nc1ccn([C@H]2C[C@H](OP(=O)(O)OC[C@H]3OC[C@H](n4ccc(=O)[nH]c4=O)[C@@H]3O)[C@@H](COP(=O)(O)O)O2)c(=O)n1. The second-order valence-electron chi connectivity index (χ2n) is 8.55. The zero-order valence-electron chi connectivity index (χ0n) is 19.8. The molecule has 39 heavy (non-hydrogen) atoms. The summed E-state index contributed by atoms with van der Waals surface area (Å²) in [6.07, 6.45) is -4.20. The average molecular weight is 597 g/mol. The summed E-state index contributed by atoms with van der Waals surface area (Å²) in [5, 5.41) is 10.5. The molecule has 216 valence electrons. The van der Waals surface area contributed by atoms with E-state index in [1.165, 1.54) is 18.5 Å². The Bertz CT molecular complexity index is 1450. The Kier molecular flexibility index (Phi) is 8.70. The van der Waals surface area contributed by atoms with E-state index in [1.807, 2.05) is 4.98 Å². The first-order valence-corrected chi connectivity index (χ1v) is 14.2. The number of nitrogens with two attached hydrogens (primary N) is 1. The molecule has 0 radical (unpaired) electrons. The molecule has 4 rings (SSSR count). The molecule has 0 amide bonds. The lowest BCUT2D eigenvalue weighted by Gasteiger charge is -2.23. The number of nitrogens with one attached hydrogen (secondary N) is 1. The van der Waals surface area contributed by atoms with Crippen molar-refractivity contribution in [1.29, 1.82) is 0 Å². The molecule has 4 heterocycles. The highest BCUT2D eigenvalue weighted by Gasteiger charge is 2.44. The van der Waals surface area contributed by atoms with Crippen LogP contribution in [-0.2, 0) is 32.2 Å². The van der Waals surface area contributed by atoms with Crippen molar-refractivity contribution in [3.05, 3.63) is 55.8 Å². The molecular formula is C18H25N5O14P2. The lowest BCUT2D eigenvalue weighted by atomic mass is 10.1. The number of nitrogen functional groups attached to an aromatic ring is 1. The van der Waals surface area contributed by atoms with Gasteiger partial charge in [0.25, 0.3) is 5.56 Å². The van der Waals surface area contributed by atoms with Gasteiger partial charge in [-0.1, -0.05) is 0 Å². The Morgan fingerprint density at radius 1 is 1.08 bits per heavy atom. The Morgan fingerprint density at radius 2 is 1.77 bits per heavy atom. The molecule has 2 aliphatic heterocycles. The minimum Gasteiger partial charge on any atom is -0.388 e. The maximum atomic E-state index is 12.7. The standard InChI is InChI=1S/C18H25N5O14P2/c19-13-1-3-23(17(26)20-13)15-5-10(11(36-15)7-34-38(28,29)30)37-39(31,32)35-8-12-16(25)9(6-33-12)22-4-2-14(24)21-18(22)27/h1-4,9-12,15-16,25H,5-8H2,(H,31,32)(H2,19,20,26)(H,21,24,27)(H2,28,29,30)/t9-,10-,11+,12+,15+,16-/m0/s1. The number of phosphoric ester groups is 2. The van der Waals surface area contributed by atoms with Crippen LogP contribution in [0.4, 0.5) is 5.82 Å². The Morgan fingerprint density at radius 3 is 2.44 bits per heavy atom. The average Bonchev–Trinajstić information content (AvgIpc) is 3.38. The van der Waals surface area contributed by atoms with Crippen LogP contribution in [0.25, 0.3) is 0 Å². The van der Waals surface area contributed by atoms with Crippen LogP contribution in [0.2, 0.25) is 0 Å². The third-order valence-corrected chi connectivity index (χ3v) is 7.38. The van der Waals surface area contributed by atoms with Gasteiger partial charge in [0, 0.05) is 24.9 Å². The van der Waals surface area contributed by atoms with Gasteiger partial charge in [0.1, 0.15) is 36.5 Å². The number of H-pyrrole nitrogens is 1. The van der Waals surface area contributed by atoms with Crippen LogP contribution in [-0.4, -0.2) is 83.1 Å². The highest BCUT2D eigenvalue weighted by Crippen LogP contribution is 2.49. The number of rotatable bonds is 10. The molecule has 0 aromatic carbocycles. The van der Waals surface area contributed by atoms with E-state index < -0.39 is 82.5 Å². The number of aromatic amines is 1. The van der Waals surface area contributed by atoms with Gasteiger partial charge in [0.2, 0.25) is 0 Å². The number of aliphatic hydroxyl groups is 1. The summed E-state index contributed by atoms with van der Waals surface area (Å²) in [6.45, 7) is -1.61. The number of aromatic nitrogens is 4. The molecule has 2 aliphatic rings. The van der Waals surface area contributed by atoms with Crippen LogP contribution in [0.5, 0.6) is 0 Å². The molecule has 7 atom stereocenters. The fourth-order valence-electron chi connectivity index (χ4n) is 4.06. The minimum absolute atomic E-state index is 0.0688. The summed E-state index contributed by atoms with van der Waals surface area (Å²) >= 11 is 0. The molecular weight excluding hydrogens is 572 g/mol. The van der Waals surface area contributed by atoms with Gasteiger partial charge in [0.05, 0.1) is 25.9 Å². The molecule has 0 spiro atoms. The summed E-state index contributed by atoms with van der Waals surface area (Å²) in [5.41, 5.74) is 3.22. The van der Waals surface area contributed by atoms with Gasteiger partial charge >= 0.3 is 27.0 Å². The van der Waals surface area contributed by atoms with Crippen molar-refractivity contribution in [2.24, 2.45) is 0 Å². The number of hydrogen-bond donors (Lipinski definition) is 6. The zero-order chi connectivity index (χ0) is 28.5. The third kappa shape index (κ3) is 7.36. The maximum Gasteiger partial charge on any atom is 0.472 e. The van der Waals surface area contributed by atoms with Crippen LogP contribution in [0.1, 0.15) is 18.7 Å². The summed E-state index contributed by atoms with van der Waals surface area (Å²) in [5.74, 6) is -0.0688. The van der Waals surface area contributed by atoms with E-state index in [-0.39, 0.29) is 18.8 Å². The molecule has 2 aromatic heterocycles. The Balaban J connectivity index is 1.42. The number of phosphoric acid groups is 2. The smallest absolute Gasteiger partial charge is 0.388 e. The number of aliphatic hydroxyl groups excluding tert-OH is 1. The number of hydrogen-bond acceptors (Lipinski definition) is 13. The van der Waals surface area contributed by atoms with E-state index in [0.29, 0.717) is 0 Å². The van der Waals surface area contributed by atoms with E-state index in [4.69, 9.17) is 34.0 Å². The summed E-state index contributed by atoms with van der Waals surface area (Å²) < 4.78 is 51.4. The molecule has 2 saturated heterocycles. The molecule has 0 aliphatic carbocycles. The van der Waals surface area contributed by atoms with Gasteiger partial charge in [-0.05, 0) is 6.07 Å². The first kappa shape index (κ1) is 29.4. The lowest BCUT2D eigenvalue weighted by Crippen LogP contribution is -2.38. The van der Waals surface area contributed by atoms with E-state index in [0.717, 1.165) is 15.2 Å². The van der Waals surface area contributed by atoms with E-state index in [1.54, 1.807) is 0 Å². The fourth-order valence-corrected chi connectivity index (χ4v) is 5.37. The van der Waals surface area contributed by atoms with Crippen LogP contribution >= 0.6 is 15.6 Å². The van der Waals surface area contributed by atoms with Crippen molar-refractivity contribution >= 4 is 21.5 Å². The maximum absolute atomic E-state index is 12.7. The van der Waals surface area contributed by atoms with E-state index >= 15 is 0 Å². The van der Waals surface area contributed by atoms with Gasteiger partial charge in [-0.3, -0.25) is 32.5 Å². The van der Waals surface area contributed by atoms with Crippen molar-refractivity contribution in [2.45, 2.75) is 43.1 Å². The molecule has 21 heteroatoms. The predicted molar refractivity (Wildman–Crippen MR) is 126 cm³/mol. The first-order valence-electron chi connectivity index (χ1n) is 11.2.